The quantitative estimate of drug-likeness (QED) is 0.840. The molecule has 3 heteroatoms. The van der Waals surface area contributed by atoms with Gasteiger partial charge in [0, 0.05) is 23.1 Å². The van der Waals surface area contributed by atoms with Gasteiger partial charge in [-0.1, -0.05) is 30.7 Å². The molecule has 0 heterocycles. The van der Waals surface area contributed by atoms with Crippen molar-refractivity contribution in [3.8, 4) is 5.75 Å². The first kappa shape index (κ1) is 11.2. The first-order chi connectivity index (χ1) is 7.63. The Hall–Kier alpha value is -1.25. The molecule has 0 radical (unpaired) electrons. The Bertz CT molecular complexity index is 523. The Kier molecular flexibility index (Phi) is 3.03. The van der Waals surface area contributed by atoms with Crippen molar-refractivity contribution in [3.63, 3.8) is 0 Å². The summed E-state index contributed by atoms with van der Waals surface area (Å²) in [5, 5.41) is 21.6. The van der Waals surface area contributed by atoms with Crippen molar-refractivity contribution in [2.45, 2.75) is 12.8 Å². The normalized spacial score (nSPS) is 12.9. The van der Waals surface area contributed by atoms with E-state index < -0.39 is 0 Å². The van der Waals surface area contributed by atoms with E-state index in [9.17, 15) is 10.2 Å². The number of rotatable bonds is 2. The second-order valence-corrected chi connectivity index (χ2v) is 4.38. The molecule has 0 aliphatic rings. The van der Waals surface area contributed by atoms with Gasteiger partial charge in [-0.15, -0.1) is 0 Å². The number of halogens is 1. The van der Waals surface area contributed by atoms with Crippen LogP contribution in [-0.4, -0.2) is 16.8 Å². The maximum atomic E-state index is 9.84. The first-order valence-electron chi connectivity index (χ1n) is 5.15. The van der Waals surface area contributed by atoms with Gasteiger partial charge in [-0.3, -0.25) is 0 Å². The van der Waals surface area contributed by atoms with Crippen LogP contribution < -0.4 is 0 Å². The van der Waals surface area contributed by atoms with Gasteiger partial charge in [-0.2, -0.15) is 0 Å². The Morgan fingerprint density at radius 3 is 2.69 bits per heavy atom. The van der Waals surface area contributed by atoms with Crippen molar-refractivity contribution in [1.29, 1.82) is 0 Å². The number of hydrogen-bond acceptors (Lipinski definition) is 2. The molecule has 0 aliphatic heterocycles. The van der Waals surface area contributed by atoms with E-state index in [4.69, 9.17) is 11.6 Å². The molecule has 2 nitrogen and oxygen atoms in total. The van der Waals surface area contributed by atoms with Gasteiger partial charge in [-0.25, -0.2) is 0 Å². The Morgan fingerprint density at radius 2 is 2.00 bits per heavy atom. The van der Waals surface area contributed by atoms with Gasteiger partial charge in [0.15, 0.2) is 0 Å². The summed E-state index contributed by atoms with van der Waals surface area (Å²) in [5.74, 6) is 0.126. The predicted molar refractivity (Wildman–Crippen MR) is 66.1 cm³/mol. The second kappa shape index (κ2) is 4.32. The highest BCUT2D eigenvalue weighted by Gasteiger charge is 2.13. The highest BCUT2D eigenvalue weighted by molar-refractivity contribution is 6.31. The van der Waals surface area contributed by atoms with Crippen molar-refractivity contribution >= 4 is 22.4 Å². The lowest BCUT2D eigenvalue weighted by Crippen LogP contribution is -2.00. The van der Waals surface area contributed by atoms with E-state index in [1.807, 2.05) is 25.1 Å². The molecule has 0 saturated heterocycles. The Balaban J connectivity index is 2.74. The Labute approximate surface area is 99.1 Å². The fraction of sp³-hybridized carbons (Fsp3) is 0.231. The minimum atomic E-state index is -0.0927. The molecular formula is C13H13ClO2. The summed E-state index contributed by atoms with van der Waals surface area (Å²) in [6.45, 7) is 1.89. The lowest BCUT2D eigenvalue weighted by atomic mass is 9.94. The molecule has 2 N–H and O–H groups in total. The third-order valence-electron chi connectivity index (χ3n) is 2.77. The van der Waals surface area contributed by atoms with Crippen LogP contribution >= 0.6 is 11.6 Å². The number of aliphatic hydroxyl groups excluding tert-OH is 1. The van der Waals surface area contributed by atoms with Crippen LogP contribution in [0.15, 0.2) is 30.3 Å². The average molecular weight is 237 g/mol. The van der Waals surface area contributed by atoms with Crippen LogP contribution in [0.25, 0.3) is 10.8 Å². The molecule has 1 unspecified atom stereocenters. The van der Waals surface area contributed by atoms with Gasteiger partial charge in [0.1, 0.15) is 5.75 Å². The van der Waals surface area contributed by atoms with Crippen LogP contribution in [0.2, 0.25) is 5.02 Å². The zero-order valence-electron chi connectivity index (χ0n) is 8.94. The maximum absolute atomic E-state index is 9.84. The predicted octanol–water partition coefficient (Wildman–Crippen LogP) is 3.29. The highest BCUT2D eigenvalue weighted by Crippen LogP contribution is 2.34. The molecule has 1 atom stereocenters. The topological polar surface area (TPSA) is 40.5 Å². The number of hydrogen-bond donors (Lipinski definition) is 2. The van der Waals surface area contributed by atoms with Crippen LogP contribution in [-0.2, 0) is 0 Å². The second-order valence-electron chi connectivity index (χ2n) is 3.95. The summed E-state index contributed by atoms with van der Waals surface area (Å²) in [4.78, 5) is 0. The summed E-state index contributed by atoms with van der Waals surface area (Å²) >= 11 is 5.91. The summed E-state index contributed by atoms with van der Waals surface area (Å²) in [6.07, 6.45) is 0. The van der Waals surface area contributed by atoms with Gasteiger partial charge in [0.2, 0.25) is 0 Å². The van der Waals surface area contributed by atoms with E-state index in [0.717, 1.165) is 16.3 Å². The zero-order valence-corrected chi connectivity index (χ0v) is 9.70. The maximum Gasteiger partial charge on any atom is 0.119 e. The van der Waals surface area contributed by atoms with E-state index >= 15 is 0 Å². The van der Waals surface area contributed by atoms with E-state index in [1.54, 1.807) is 12.1 Å². The molecule has 2 aromatic carbocycles. The number of phenolic OH excluding ortho intramolecular Hbond substituents is 1. The molecule has 2 rings (SSSR count). The molecule has 0 saturated carbocycles. The number of benzene rings is 2. The third-order valence-corrected chi connectivity index (χ3v) is 3.00. The van der Waals surface area contributed by atoms with Crippen molar-refractivity contribution in [2.75, 3.05) is 6.61 Å². The number of aromatic hydroxyl groups is 1. The smallest absolute Gasteiger partial charge is 0.119 e. The number of aliphatic hydroxyl groups is 1. The number of fused-ring (bicyclic) bond motifs is 1. The monoisotopic (exact) mass is 236 g/mol. The molecule has 0 fully saturated rings. The molecule has 2 aromatic rings. The molecule has 0 amide bonds. The highest BCUT2D eigenvalue weighted by atomic mass is 35.5. The van der Waals surface area contributed by atoms with Crippen LogP contribution in [0, 0.1) is 0 Å². The molecule has 0 aliphatic carbocycles. The van der Waals surface area contributed by atoms with Gasteiger partial charge in [0.25, 0.3) is 0 Å². The summed E-state index contributed by atoms with van der Waals surface area (Å²) in [5.41, 5.74) is 0.775. The first-order valence-corrected chi connectivity index (χ1v) is 5.53. The largest absolute Gasteiger partial charge is 0.508 e. The van der Waals surface area contributed by atoms with Crippen molar-refractivity contribution in [2.24, 2.45) is 0 Å². The molecule has 0 spiro atoms. The van der Waals surface area contributed by atoms with Crippen molar-refractivity contribution < 1.29 is 10.2 Å². The lowest BCUT2D eigenvalue weighted by molar-refractivity contribution is 0.271. The molecule has 84 valence electrons. The fourth-order valence-electron chi connectivity index (χ4n) is 1.92. The molecule has 0 aromatic heterocycles. The Morgan fingerprint density at radius 1 is 1.25 bits per heavy atom. The van der Waals surface area contributed by atoms with Crippen LogP contribution in [0.4, 0.5) is 0 Å². The molecular weight excluding hydrogens is 224 g/mol. The van der Waals surface area contributed by atoms with E-state index in [2.05, 4.69) is 0 Å². The molecule has 16 heavy (non-hydrogen) atoms. The summed E-state index contributed by atoms with van der Waals surface area (Å²) in [7, 11) is 0. The van der Waals surface area contributed by atoms with Gasteiger partial charge < -0.3 is 10.2 Å². The van der Waals surface area contributed by atoms with Gasteiger partial charge >= 0.3 is 0 Å². The van der Waals surface area contributed by atoms with Crippen molar-refractivity contribution in [1.82, 2.24) is 0 Å². The van der Waals surface area contributed by atoms with Crippen LogP contribution in [0.1, 0.15) is 18.4 Å². The SMILES string of the molecule is CC(CO)c1c(O)ccc2cc(Cl)ccc12. The molecule has 0 bridgehead atoms. The van der Waals surface area contributed by atoms with Crippen LogP contribution in [0.3, 0.4) is 0 Å². The summed E-state index contributed by atoms with van der Waals surface area (Å²) < 4.78 is 0. The van der Waals surface area contributed by atoms with E-state index in [-0.39, 0.29) is 18.3 Å². The van der Waals surface area contributed by atoms with E-state index in [1.165, 1.54) is 0 Å². The van der Waals surface area contributed by atoms with Gasteiger partial charge in [-0.05, 0) is 29.0 Å². The van der Waals surface area contributed by atoms with Crippen LogP contribution in [0.5, 0.6) is 5.75 Å². The van der Waals surface area contributed by atoms with Crippen molar-refractivity contribution in [3.05, 3.63) is 40.9 Å². The standard InChI is InChI=1S/C13H13ClO2/c1-8(7-15)13-11-4-3-10(14)6-9(11)2-5-12(13)16/h2-6,8,15-16H,7H2,1H3. The van der Waals surface area contributed by atoms with E-state index in [0.29, 0.717) is 5.02 Å². The fourth-order valence-corrected chi connectivity index (χ4v) is 2.10. The lowest BCUT2D eigenvalue weighted by Gasteiger charge is -2.14. The average Bonchev–Trinajstić information content (AvgIpc) is 2.28. The summed E-state index contributed by atoms with van der Waals surface area (Å²) in [6, 6.07) is 8.98. The minimum Gasteiger partial charge on any atom is -0.508 e. The van der Waals surface area contributed by atoms with Gasteiger partial charge in [0.05, 0.1) is 0 Å². The minimum absolute atomic E-state index is 0.00923. The number of phenols is 1. The third kappa shape index (κ3) is 1.86. The zero-order chi connectivity index (χ0) is 11.7.